The average Bonchev–Trinajstić information content (AvgIpc) is 3.40. The summed E-state index contributed by atoms with van der Waals surface area (Å²) in [5, 5.41) is 12.8. The molecule has 0 saturated carbocycles. The maximum atomic E-state index is 6.06. The van der Waals surface area contributed by atoms with Crippen molar-refractivity contribution in [3.8, 4) is 22.7 Å². The predicted molar refractivity (Wildman–Crippen MR) is 114 cm³/mol. The van der Waals surface area contributed by atoms with Crippen molar-refractivity contribution in [3.05, 3.63) is 77.4 Å². The van der Waals surface area contributed by atoms with E-state index in [2.05, 4.69) is 51.6 Å². The monoisotopic (exact) mass is 400 g/mol. The fraction of sp³-hybridized carbons (Fsp3) is 0.292. The minimum atomic E-state index is 0.363. The second kappa shape index (κ2) is 7.88. The first kappa shape index (κ1) is 18.8. The molecule has 0 unspecified atom stereocenters. The molecule has 0 radical (unpaired) electrons. The Kier molecular flexibility index (Phi) is 4.93. The van der Waals surface area contributed by atoms with E-state index in [1.807, 2.05) is 37.3 Å². The molecule has 6 nitrogen and oxygen atoms in total. The summed E-state index contributed by atoms with van der Waals surface area (Å²) in [6.07, 6.45) is 3.49. The second-order valence-electron chi connectivity index (χ2n) is 7.85. The lowest BCUT2D eigenvalue weighted by Crippen LogP contribution is -2.27. The Hall–Kier alpha value is -3.25. The molecule has 0 spiro atoms. The molecule has 152 valence electrons. The first-order chi connectivity index (χ1) is 14.7. The summed E-state index contributed by atoms with van der Waals surface area (Å²) in [6.45, 7) is 2.46. The quantitative estimate of drug-likeness (QED) is 0.458. The molecule has 0 bridgehead atoms. The zero-order chi connectivity index (χ0) is 20.5. The van der Waals surface area contributed by atoms with Crippen molar-refractivity contribution in [1.82, 2.24) is 20.3 Å². The number of hydrogen-bond donors (Lipinski definition) is 0. The van der Waals surface area contributed by atoms with E-state index in [1.54, 1.807) is 0 Å². The van der Waals surface area contributed by atoms with Gasteiger partial charge in [0.2, 0.25) is 5.89 Å². The number of fused-ring (bicyclic) bond motifs is 1. The Labute approximate surface area is 175 Å². The van der Waals surface area contributed by atoms with Crippen LogP contribution in [0.5, 0.6) is 0 Å². The molecule has 2 aromatic heterocycles. The zero-order valence-electron chi connectivity index (χ0n) is 17.2. The van der Waals surface area contributed by atoms with Crippen LogP contribution < -0.4 is 0 Å². The highest BCUT2D eigenvalue weighted by molar-refractivity contribution is 5.77. The van der Waals surface area contributed by atoms with Crippen LogP contribution in [0.3, 0.4) is 0 Å². The minimum absolute atomic E-state index is 0.363. The molecule has 0 N–H and O–H groups in total. The van der Waals surface area contributed by atoms with Gasteiger partial charge < -0.3 is 8.94 Å². The molecule has 0 saturated heterocycles. The Morgan fingerprint density at radius 1 is 1.03 bits per heavy atom. The summed E-state index contributed by atoms with van der Waals surface area (Å²) in [4.78, 5) is 2.30. The van der Waals surface area contributed by atoms with Gasteiger partial charge in [0.15, 0.2) is 0 Å². The van der Waals surface area contributed by atoms with Crippen LogP contribution in [0, 0.1) is 6.92 Å². The van der Waals surface area contributed by atoms with Crippen LogP contribution in [-0.4, -0.2) is 27.3 Å². The van der Waals surface area contributed by atoms with Crippen molar-refractivity contribution in [3.63, 3.8) is 0 Å². The van der Waals surface area contributed by atoms with Gasteiger partial charge in [-0.05, 0) is 44.4 Å². The van der Waals surface area contributed by atoms with E-state index >= 15 is 0 Å². The number of aromatic nitrogens is 3. The van der Waals surface area contributed by atoms with E-state index in [-0.39, 0.29) is 0 Å². The summed E-state index contributed by atoms with van der Waals surface area (Å²) >= 11 is 0. The lowest BCUT2D eigenvalue weighted by Gasteiger charge is -2.32. The van der Waals surface area contributed by atoms with Crippen LogP contribution in [0.4, 0.5) is 0 Å². The molecule has 4 aromatic rings. The van der Waals surface area contributed by atoms with Crippen LogP contribution in [0.2, 0.25) is 0 Å². The molecule has 1 aliphatic carbocycles. The third kappa shape index (κ3) is 3.44. The van der Waals surface area contributed by atoms with Crippen LogP contribution in [0.1, 0.15) is 41.7 Å². The summed E-state index contributed by atoms with van der Waals surface area (Å²) in [5.41, 5.74) is 5.29. The fourth-order valence-corrected chi connectivity index (χ4v) is 4.35. The second-order valence-corrected chi connectivity index (χ2v) is 7.85. The summed E-state index contributed by atoms with van der Waals surface area (Å²) in [7, 11) is 2.12. The van der Waals surface area contributed by atoms with Gasteiger partial charge in [0.05, 0.1) is 6.54 Å². The van der Waals surface area contributed by atoms with E-state index in [9.17, 15) is 0 Å². The Bertz CT molecular complexity index is 1150. The number of rotatable bonds is 5. The highest BCUT2D eigenvalue weighted by Crippen LogP contribution is 2.36. The lowest BCUT2D eigenvalue weighted by atomic mass is 9.87. The average molecular weight is 400 g/mol. The van der Waals surface area contributed by atoms with Gasteiger partial charge >= 0.3 is 0 Å². The standard InChI is InChI=1S/C24H24N4O2/c1-16-22(23(27-30-16)18-10-4-3-5-11-18)24-26-25-21(29-24)15-28(2)20-14-8-12-17-9-6-7-13-19(17)20/h3-7,9-11,13,20H,8,12,14-15H2,1-2H3/t20-/m1/s1. The van der Waals surface area contributed by atoms with Gasteiger partial charge in [-0.15, -0.1) is 10.2 Å². The number of nitrogens with zero attached hydrogens (tertiary/aromatic N) is 4. The number of benzene rings is 2. The zero-order valence-corrected chi connectivity index (χ0v) is 17.2. The first-order valence-electron chi connectivity index (χ1n) is 10.3. The van der Waals surface area contributed by atoms with Crippen molar-refractivity contribution < 1.29 is 8.94 Å². The highest BCUT2D eigenvalue weighted by atomic mass is 16.5. The number of aryl methyl sites for hydroxylation is 2. The van der Waals surface area contributed by atoms with Crippen molar-refractivity contribution in [2.75, 3.05) is 7.05 Å². The lowest BCUT2D eigenvalue weighted by molar-refractivity contribution is 0.195. The molecule has 5 rings (SSSR count). The van der Waals surface area contributed by atoms with E-state index in [1.165, 1.54) is 17.5 Å². The third-order valence-electron chi connectivity index (χ3n) is 5.85. The van der Waals surface area contributed by atoms with Gasteiger partial charge in [-0.2, -0.15) is 0 Å². The normalized spacial score (nSPS) is 16.0. The molecule has 6 heteroatoms. The molecule has 1 atom stereocenters. The maximum Gasteiger partial charge on any atom is 0.253 e. The van der Waals surface area contributed by atoms with Gasteiger partial charge in [0.1, 0.15) is 17.0 Å². The van der Waals surface area contributed by atoms with E-state index in [0.29, 0.717) is 30.1 Å². The van der Waals surface area contributed by atoms with E-state index in [4.69, 9.17) is 8.94 Å². The molecule has 0 amide bonds. The Balaban J connectivity index is 1.40. The van der Waals surface area contributed by atoms with Crippen LogP contribution in [-0.2, 0) is 13.0 Å². The van der Waals surface area contributed by atoms with E-state index in [0.717, 1.165) is 29.7 Å². The maximum absolute atomic E-state index is 6.06. The largest absolute Gasteiger partial charge is 0.419 e. The Morgan fingerprint density at radius 2 is 1.83 bits per heavy atom. The van der Waals surface area contributed by atoms with Crippen molar-refractivity contribution >= 4 is 0 Å². The van der Waals surface area contributed by atoms with Crippen LogP contribution in [0.25, 0.3) is 22.7 Å². The molecule has 2 aromatic carbocycles. The van der Waals surface area contributed by atoms with Gasteiger partial charge in [-0.3, -0.25) is 4.90 Å². The Morgan fingerprint density at radius 3 is 2.70 bits per heavy atom. The molecular formula is C24H24N4O2. The third-order valence-corrected chi connectivity index (χ3v) is 5.85. The first-order valence-corrected chi connectivity index (χ1v) is 10.3. The summed E-state index contributed by atoms with van der Waals surface area (Å²) in [5.74, 6) is 1.70. The molecule has 1 aliphatic rings. The fourth-order valence-electron chi connectivity index (χ4n) is 4.35. The number of hydrogen-bond acceptors (Lipinski definition) is 6. The molecular weight excluding hydrogens is 376 g/mol. The topological polar surface area (TPSA) is 68.2 Å². The predicted octanol–water partition coefficient (Wildman–Crippen LogP) is 5.21. The molecule has 30 heavy (non-hydrogen) atoms. The van der Waals surface area contributed by atoms with Gasteiger partial charge in [0.25, 0.3) is 5.89 Å². The van der Waals surface area contributed by atoms with Crippen LogP contribution in [0.15, 0.2) is 63.5 Å². The smallest absolute Gasteiger partial charge is 0.253 e. The van der Waals surface area contributed by atoms with E-state index < -0.39 is 0 Å². The molecule has 2 heterocycles. The van der Waals surface area contributed by atoms with Crippen molar-refractivity contribution in [1.29, 1.82) is 0 Å². The SMILES string of the molecule is Cc1onc(-c2ccccc2)c1-c1nnc(CN(C)[C@@H]2CCCc3ccccc32)o1. The minimum Gasteiger partial charge on any atom is -0.419 e. The summed E-state index contributed by atoms with van der Waals surface area (Å²) < 4.78 is 11.5. The van der Waals surface area contributed by atoms with Crippen molar-refractivity contribution in [2.24, 2.45) is 0 Å². The van der Waals surface area contributed by atoms with Gasteiger partial charge in [0, 0.05) is 11.6 Å². The van der Waals surface area contributed by atoms with Gasteiger partial charge in [-0.25, -0.2) is 0 Å². The molecule has 0 aliphatic heterocycles. The summed E-state index contributed by atoms with van der Waals surface area (Å²) in [6, 6.07) is 19.0. The van der Waals surface area contributed by atoms with Crippen molar-refractivity contribution in [2.45, 2.75) is 38.8 Å². The van der Waals surface area contributed by atoms with Crippen LogP contribution >= 0.6 is 0 Å². The molecule has 0 fully saturated rings. The highest BCUT2D eigenvalue weighted by Gasteiger charge is 2.26. The van der Waals surface area contributed by atoms with Gasteiger partial charge in [-0.1, -0.05) is 59.8 Å².